The standard InChI is InChI=1S/C10H11ClF3N/c1-9(2,3)8-6(10(12,13)14)4-5-7(11)15-8/h4-5H,1-3H3. The van der Waals surface area contributed by atoms with Gasteiger partial charge in [-0.2, -0.15) is 13.2 Å². The van der Waals surface area contributed by atoms with Crippen molar-refractivity contribution in [2.24, 2.45) is 0 Å². The smallest absolute Gasteiger partial charge is 0.240 e. The Kier molecular flexibility index (Phi) is 3.01. The van der Waals surface area contributed by atoms with E-state index in [2.05, 4.69) is 4.98 Å². The first-order chi connectivity index (χ1) is 6.62. The van der Waals surface area contributed by atoms with Gasteiger partial charge in [0, 0.05) is 5.41 Å². The van der Waals surface area contributed by atoms with E-state index < -0.39 is 17.2 Å². The lowest BCUT2D eigenvalue weighted by Crippen LogP contribution is -2.21. The van der Waals surface area contributed by atoms with Crippen LogP contribution in [0.5, 0.6) is 0 Å². The molecule has 1 aromatic rings. The molecule has 1 rings (SSSR count). The fourth-order valence-electron chi connectivity index (χ4n) is 1.24. The van der Waals surface area contributed by atoms with Crippen molar-refractivity contribution < 1.29 is 13.2 Å². The van der Waals surface area contributed by atoms with Gasteiger partial charge in [-0.1, -0.05) is 32.4 Å². The second kappa shape index (κ2) is 3.67. The molecule has 1 heterocycles. The second-order valence-corrected chi connectivity index (χ2v) is 4.67. The highest BCUT2D eigenvalue weighted by atomic mass is 35.5. The molecule has 0 N–H and O–H groups in total. The van der Waals surface area contributed by atoms with Gasteiger partial charge in [0.15, 0.2) is 0 Å². The zero-order chi connectivity index (χ0) is 11.9. The van der Waals surface area contributed by atoms with Crippen LogP contribution in [-0.2, 0) is 11.6 Å². The largest absolute Gasteiger partial charge is 0.418 e. The Bertz CT molecular complexity index is 366. The number of hydrogen-bond donors (Lipinski definition) is 0. The van der Waals surface area contributed by atoms with Crippen molar-refractivity contribution in [3.63, 3.8) is 0 Å². The van der Waals surface area contributed by atoms with Crippen LogP contribution in [0.1, 0.15) is 32.0 Å². The molecule has 1 nitrogen and oxygen atoms in total. The molecule has 0 aliphatic carbocycles. The summed E-state index contributed by atoms with van der Waals surface area (Å²) in [4.78, 5) is 3.76. The number of pyridine rings is 1. The van der Waals surface area contributed by atoms with E-state index in [0.717, 1.165) is 12.1 Å². The normalized spacial score (nSPS) is 13.0. The summed E-state index contributed by atoms with van der Waals surface area (Å²) in [6, 6.07) is 2.12. The van der Waals surface area contributed by atoms with Crippen LogP contribution in [0.4, 0.5) is 13.2 Å². The van der Waals surface area contributed by atoms with Gasteiger partial charge in [0.1, 0.15) is 5.15 Å². The highest BCUT2D eigenvalue weighted by Gasteiger charge is 2.37. The van der Waals surface area contributed by atoms with Crippen LogP contribution in [0, 0.1) is 0 Å². The molecule has 15 heavy (non-hydrogen) atoms. The van der Waals surface area contributed by atoms with Gasteiger partial charge in [0.05, 0.1) is 11.3 Å². The van der Waals surface area contributed by atoms with E-state index in [4.69, 9.17) is 11.6 Å². The SMILES string of the molecule is CC(C)(C)c1nc(Cl)ccc1C(F)(F)F. The van der Waals surface area contributed by atoms with Crippen LogP contribution < -0.4 is 0 Å². The van der Waals surface area contributed by atoms with Crippen LogP contribution in [-0.4, -0.2) is 4.98 Å². The lowest BCUT2D eigenvalue weighted by molar-refractivity contribution is -0.139. The maximum Gasteiger partial charge on any atom is 0.418 e. The first-order valence-electron chi connectivity index (χ1n) is 4.36. The topological polar surface area (TPSA) is 12.9 Å². The Balaban J connectivity index is 3.41. The number of aromatic nitrogens is 1. The molecule has 0 spiro atoms. The van der Waals surface area contributed by atoms with E-state index in [0.29, 0.717) is 0 Å². The molecule has 0 fully saturated rings. The van der Waals surface area contributed by atoms with Crippen LogP contribution in [0.25, 0.3) is 0 Å². The van der Waals surface area contributed by atoms with Gasteiger partial charge in [0.2, 0.25) is 0 Å². The van der Waals surface area contributed by atoms with Crippen molar-refractivity contribution in [1.29, 1.82) is 0 Å². The maximum atomic E-state index is 12.6. The third-order valence-electron chi connectivity index (χ3n) is 1.88. The Morgan fingerprint density at radius 1 is 1.13 bits per heavy atom. The summed E-state index contributed by atoms with van der Waals surface area (Å²) in [6.07, 6.45) is -4.39. The van der Waals surface area contributed by atoms with Gasteiger partial charge in [-0.25, -0.2) is 4.98 Å². The van der Waals surface area contributed by atoms with Crippen molar-refractivity contribution in [3.8, 4) is 0 Å². The quantitative estimate of drug-likeness (QED) is 0.621. The molecule has 0 aliphatic rings. The predicted octanol–water partition coefficient (Wildman–Crippen LogP) is 4.05. The fraction of sp³-hybridized carbons (Fsp3) is 0.500. The summed E-state index contributed by atoms with van der Waals surface area (Å²) in [5.74, 6) is 0. The van der Waals surface area contributed by atoms with E-state index in [1.165, 1.54) is 0 Å². The number of alkyl halides is 3. The molecule has 0 aromatic carbocycles. The molecule has 0 amide bonds. The van der Waals surface area contributed by atoms with Gasteiger partial charge in [-0.15, -0.1) is 0 Å². The minimum atomic E-state index is -4.39. The van der Waals surface area contributed by atoms with Gasteiger partial charge in [0.25, 0.3) is 0 Å². The van der Waals surface area contributed by atoms with Crippen molar-refractivity contribution in [2.45, 2.75) is 32.4 Å². The van der Waals surface area contributed by atoms with E-state index in [-0.39, 0.29) is 10.8 Å². The van der Waals surface area contributed by atoms with E-state index in [9.17, 15) is 13.2 Å². The molecule has 0 saturated heterocycles. The monoisotopic (exact) mass is 237 g/mol. The second-order valence-electron chi connectivity index (χ2n) is 4.28. The third-order valence-corrected chi connectivity index (χ3v) is 2.09. The number of nitrogens with zero attached hydrogens (tertiary/aromatic N) is 1. The summed E-state index contributed by atoms with van der Waals surface area (Å²) in [6.45, 7) is 5.00. The predicted molar refractivity (Wildman–Crippen MR) is 52.9 cm³/mol. The lowest BCUT2D eigenvalue weighted by Gasteiger charge is -2.22. The van der Waals surface area contributed by atoms with Crippen molar-refractivity contribution in [2.75, 3.05) is 0 Å². The average Bonchev–Trinajstić information content (AvgIpc) is 2.00. The van der Waals surface area contributed by atoms with Crippen LogP contribution in [0.15, 0.2) is 12.1 Å². The van der Waals surface area contributed by atoms with Crippen molar-refractivity contribution >= 4 is 11.6 Å². The van der Waals surface area contributed by atoms with Gasteiger partial charge in [-0.3, -0.25) is 0 Å². The summed E-state index contributed by atoms with van der Waals surface area (Å²) in [5.41, 5.74) is -1.43. The minimum absolute atomic E-state index is 0.0255. The highest BCUT2D eigenvalue weighted by molar-refractivity contribution is 6.29. The molecule has 84 valence electrons. The molecule has 1 aromatic heterocycles. The zero-order valence-corrected chi connectivity index (χ0v) is 9.37. The maximum absolute atomic E-state index is 12.6. The number of rotatable bonds is 0. The Morgan fingerprint density at radius 2 is 1.67 bits per heavy atom. The molecule has 0 saturated carbocycles. The third kappa shape index (κ3) is 2.84. The Labute approximate surface area is 91.3 Å². The summed E-state index contributed by atoms with van der Waals surface area (Å²) in [5, 5.41) is 0.0768. The van der Waals surface area contributed by atoms with E-state index in [1.807, 2.05) is 0 Å². The Hall–Kier alpha value is -0.770. The molecule has 0 aliphatic heterocycles. The highest BCUT2D eigenvalue weighted by Crippen LogP contribution is 2.36. The summed E-state index contributed by atoms with van der Waals surface area (Å²) < 4.78 is 37.9. The Morgan fingerprint density at radius 3 is 2.07 bits per heavy atom. The average molecular weight is 238 g/mol. The van der Waals surface area contributed by atoms with Crippen LogP contribution >= 0.6 is 11.6 Å². The van der Waals surface area contributed by atoms with E-state index >= 15 is 0 Å². The number of hydrogen-bond acceptors (Lipinski definition) is 1. The first-order valence-corrected chi connectivity index (χ1v) is 4.74. The fourth-order valence-corrected chi connectivity index (χ4v) is 1.38. The van der Waals surface area contributed by atoms with E-state index in [1.54, 1.807) is 20.8 Å². The summed E-state index contributed by atoms with van der Waals surface area (Å²) in [7, 11) is 0. The molecule has 0 unspecified atom stereocenters. The zero-order valence-electron chi connectivity index (χ0n) is 8.61. The molecule has 0 atom stereocenters. The van der Waals surface area contributed by atoms with Crippen molar-refractivity contribution in [3.05, 3.63) is 28.5 Å². The van der Waals surface area contributed by atoms with Gasteiger partial charge >= 0.3 is 6.18 Å². The molecular weight excluding hydrogens is 227 g/mol. The van der Waals surface area contributed by atoms with Crippen molar-refractivity contribution in [1.82, 2.24) is 4.98 Å². The van der Waals surface area contributed by atoms with Gasteiger partial charge in [-0.05, 0) is 12.1 Å². The molecule has 0 radical (unpaired) electrons. The molecule has 0 bridgehead atoms. The minimum Gasteiger partial charge on any atom is -0.240 e. The van der Waals surface area contributed by atoms with Gasteiger partial charge < -0.3 is 0 Å². The van der Waals surface area contributed by atoms with Crippen LogP contribution in [0.2, 0.25) is 5.15 Å². The summed E-state index contributed by atoms with van der Waals surface area (Å²) >= 11 is 5.59. The molecule has 5 heteroatoms. The van der Waals surface area contributed by atoms with Crippen LogP contribution in [0.3, 0.4) is 0 Å². The number of halogens is 4. The molecular formula is C10H11ClF3N. The lowest BCUT2D eigenvalue weighted by atomic mass is 9.88. The first kappa shape index (κ1) is 12.3.